The summed E-state index contributed by atoms with van der Waals surface area (Å²) in [5, 5.41) is 0.315. The lowest BCUT2D eigenvalue weighted by atomic mass is 10.1. The molecule has 0 spiro atoms. The highest BCUT2D eigenvalue weighted by molar-refractivity contribution is 6.41. The van der Waals surface area contributed by atoms with E-state index in [2.05, 4.69) is 9.97 Å². The first-order chi connectivity index (χ1) is 10.8. The van der Waals surface area contributed by atoms with Crippen molar-refractivity contribution in [2.24, 2.45) is 0 Å². The molecule has 0 aliphatic rings. The van der Waals surface area contributed by atoms with Gasteiger partial charge in [0.2, 0.25) is 5.78 Å². The molecule has 23 heavy (non-hydrogen) atoms. The first-order valence-corrected chi connectivity index (χ1v) is 7.07. The molecule has 0 atom stereocenters. The average molecular weight is 359 g/mol. The number of carbonyl (C=O) groups is 1. The molecule has 0 radical (unpaired) electrons. The van der Waals surface area contributed by atoms with Gasteiger partial charge in [0.25, 0.3) is 0 Å². The van der Waals surface area contributed by atoms with Gasteiger partial charge in [-0.25, -0.2) is 0 Å². The zero-order valence-corrected chi connectivity index (χ0v) is 12.7. The molecule has 1 aromatic carbocycles. The topological polar surface area (TPSA) is 45.8 Å². The SMILES string of the molecule is O=C(c1cc2ncc(C(F)(F)F)cc2[nH]1)c1c(Cl)cccc1Cl. The van der Waals surface area contributed by atoms with E-state index in [-0.39, 0.29) is 32.3 Å². The summed E-state index contributed by atoms with van der Waals surface area (Å²) < 4.78 is 38.1. The van der Waals surface area contributed by atoms with Gasteiger partial charge in [0.15, 0.2) is 0 Å². The van der Waals surface area contributed by atoms with Gasteiger partial charge in [-0.05, 0) is 24.3 Å². The van der Waals surface area contributed by atoms with Gasteiger partial charge in [-0.1, -0.05) is 29.3 Å². The highest BCUT2D eigenvalue weighted by Crippen LogP contribution is 2.31. The molecular weight excluding hydrogens is 352 g/mol. The maximum absolute atomic E-state index is 12.7. The quantitative estimate of drug-likeness (QED) is 0.646. The molecule has 0 amide bonds. The Bertz CT molecular complexity index is 898. The van der Waals surface area contributed by atoms with Crippen LogP contribution < -0.4 is 0 Å². The number of alkyl halides is 3. The van der Waals surface area contributed by atoms with Gasteiger partial charge >= 0.3 is 6.18 Å². The van der Waals surface area contributed by atoms with Crippen LogP contribution >= 0.6 is 23.2 Å². The highest BCUT2D eigenvalue weighted by Gasteiger charge is 2.31. The van der Waals surface area contributed by atoms with Gasteiger partial charge in [0.05, 0.1) is 37.9 Å². The second-order valence-corrected chi connectivity index (χ2v) is 5.58. The molecule has 3 aromatic rings. The third kappa shape index (κ3) is 2.92. The average Bonchev–Trinajstić information content (AvgIpc) is 2.88. The molecule has 3 rings (SSSR count). The molecule has 0 aliphatic carbocycles. The lowest BCUT2D eigenvalue weighted by Crippen LogP contribution is -2.05. The summed E-state index contributed by atoms with van der Waals surface area (Å²) in [4.78, 5) is 18.8. The van der Waals surface area contributed by atoms with E-state index in [0.717, 1.165) is 6.07 Å². The number of carbonyl (C=O) groups excluding carboxylic acids is 1. The van der Waals surface area contributed by atoms with E-state index in [9.17, 15) is 18.0 Å². The molecule has 2 heterocycles. The highest BCUT2D eigenvalue weighted by atomic mass is 35.5. The van der Waals surface area contributed by atoms with Crippen molar-refractivity contribution in [2.75, 3.05) is 0 Å². The zero-order valence-electron chi connectivity index (χ0n) is 11.2. The third-order valence-corrected chi connectivity index (χ3v) is 3.86. The summed E-state index contributed by atoms with van der Waals surface area (Å²) in [6.07, 6.45) is -3.80. The summed E-state index contributed by atoms with van der Waals surface area (Å²) in [6.45, 7) is 0. The number of hydrogen-bond acceptors (Lipinski definition) is 2. The maximum Gasteiger partial charge on any atom is 0.417 e. The molecule has 8 heteroatoms. The van der Waals surface area contributed by atoms with Gasteiger partial charge in [-0.2, -0.15) is 13.2 Å². The van der Waals surface area contributed by atoms with Crippen LogP contribution in [0.15, 0.2) is 36.5 Å². The molecule has 0 bridgehead atoms. The number of nitrogens with one attached hydrogen (secondary N) is 1. The second kappa shape index (κ2) is 5.54. The Kier molecular flexibility index (Phi) is 3.82. The summed E-state index contributed by atoms with van der Waals surface area (Å²) in [6, 6.07) is 6.85. The van der Waals surface area contributed by atoms with Crippen LogP contribution in [-0.4, -0.2) is 15.8 Å². The first-order valence-electron chi connectivity index (χ1n) is 6.32. The van der Waals surface area contributed by atoms with Crippen LogP contribution in [0.3, 0.4) is 0 Å². The third-order valence-electron chi connectivity index (χ3n) is 3.23. The number of halogens is 5. The van der Waals surface area contributed by atoms with Crippen LogP contribution in [-0.2, 0) is 6.18 Å². The first kappa shape index (κ1) is 15.8. The standard InChI is InChI=1S/C15H7Cl2F3N2O/c16-8-2-1-3-9(17)13(8)14(23)12-5-10-11(22-12)4-7(6-21-10)15(18,19)20/h1-6,22H. The largest absolute Gasteiger partial charge is 0.417 e. The van der Waals surface area contributed by atoms with Crippen LogP contribution in [0.5, 0.6) is 0 Å². The van der Waals surface area contributed by atoms with Crippen molar-refractivity contribution in [2.45, 2.75) is 6.18 Å². The molecular formula is C15H7Cl2F3N2O. The van der Waals surface area contributed by atoms with Crippen molar-refractivity contribution in [1.29, 1.82) is 0 Å². The zero-order chi connectivity index (χ0) is 16.8. The molecule has 3 nitrogen and oxygen atoms in total. The normalized spacial score (nSPS) is 11.9. The minimum absolute atomic E-state index is 0.0572. The Morgan fingerprint density at radius 3 is 2.39 bits per heavy atom. The Labute approximate surface area is 138 Å². The minimum Gasteiger partial charge on any atom is -0.350 e. The van der Waals surface area contributed by atoms with E-state index in [1.165, 1.54) is 18.2 Å². The van der Waals surface area contributed by atoms with Crippen molar-refractivity contribution in [1.82, 2.24) is 9.97 Å². The molecule has 0 fully saturated rings. The Balaban J connectivity index is 2.09. The van der Waals surface area contributed by atoms with E-state index in [1.54, 1.807) is 6.07 Å². The summed E-state index contributed by atoms with van der Waals surface area (Å²) in [5.74, 6) is -0.521. The number of H-pyrrole nitrogens is 1. The van der Waals surface area contributed by atoms with Crippen molar-refractivity contribution in [3.8, 4) is 0 Å². The molecule has 2 aromatic heterocycles. The van der Waals surface area contributed by atoms with Crippen LogP contribution in [0.1, 0.15) is 21.6 Å². The fourth-order valence-corrected chi connectivity index (χ4v) is 2.70. The Morgan fingerprint density at radius 2 is 1.78 bits per heavy atom. The van der Waals surface area contributed by atoms with Gasteiger partial charge in [-0.3, -0.25) is 9.78 Å². The van der Waals surface area contributed by atoms with Crippen molar-refractivity contribution in [3.63, 3.8) is 0 Å². The van der Waals surface area contributed by atoms with Crippen LogP contribution in [0.4, 0.5) is 13.2 Å². The Morgan fingerprint density at radius 1 is 1.13 bits per heavy atom. The molecule has 118 valence electrons. The number of aromatic nitrogens is 2. The molecule has 0 aliphatic heterocycles. The number of rotatable bonds is 2. The van der Waals surface area contributed by atoms with E-state index in [4.69, 9.17) is 23.2 Å². The summed E-state index contributed by atoms with van der Waals surface area (Å²) >= 11 is 11.9. The molecule has 1 N–H and O–H groups in total. The summed E-state index contributed by atoms with van der Waals surface area (Å²) in [7, 11) is 0. The van der Waals surface area contributed by atoms with Crippen LogP contribution in [0, 0.1) is 0 Å². The predicted octanol–water partition coefficient (Wildman–Crippen LogP) is 5.12. The lowest BCUT2D eigenvalue weighted by molar-refractivity contribution is -0.137. The van der Waals surface area contributed by atoms with Crippen molar-refractivity contribution in [3.05, 3.63) is 63.4 Å². The van der Waals surface area contributed by atoms with Crippen LogP contribution in [0.25, 0.3) is 11.0 Å². The molecule has 0 unspecified atom stereocenters. The van der Waals surface area contributed by atoms with Gasteiger partial charge in [-0.15, -0.1) is 0 Å². The summed E-state index contributed by atoms with van der Waals surface area (Å²) in [5.41, 5.74) is -0.419. The maximum atomic E-state index is 12.7. The van der Waals surface area contributed by atoms with Crippen molar-refractivity contribution < 1.29 is 18.0 Å². The number of pyridine rings is 1. The van der Waals surface area contributed by atoms with Crippen molar-refractivity contribution >= 4 is 40.0 Å². The monoisotopic (exact) mass is 358 g/mol. The minimum atomic E-state index is -4.51. The number of aromatic amines is 1. The lowest BCUT2D eigenvalue weighted by Gasteiger charge is -2.05. The van der Waals surface area contributed by atoms with Crippen LogP contribution in [0.2, 0.25) is 10.0 Å². The van der Waals surface area contributed by atoms with E-state index in [0.29, 0.717) is 6.20 Å². The second-order valence-electron chi connectivity index (χ2n) is 4.76. The Hall–Kier alpha value is -2.05. The van der Waals surface area contributed by atoms with Gasteiger partial charge in [0.1, 0.15) is 0 Å². The van der Waals surface area contributed by atoms with E-state index in [1.807, 2.05) is 0 Å². The fourth-order valence-electron chi connectivity index (χ4n) is 2.14. The van der Waals surface area contributed by atoms with E-state index < -0.39 is 17.5 Å². The smallest absolute Gasteiger partial charge is 0.350 e. The number of nitrogens with zero attached hydrogens (tertiary/aromatic N) is 1. The number of ketones is 1. The predicted molar refractivity (Wildman–Crippen MR) is 81.0 cm³/mol. The number of hydrogen-bond donors (Lipinski definition) is 1. The number of benzene rings is 1. The fraction of sp³-hybridized carbons (Fsp3) is 0.0667. The molecule has 0 saturated heterocycles. The number of fused-ring (bicyclic) bond motifs is 1. The van der Waals surface area contributed by atoms with E-state index >= 15 is 0 Å². The van der Waals surface area contributed by atoms with Gasteiger partial charge in [0, 0.05) is 6.20 Å². The van der Waals surface area contributed by atoms with Gasteiger partial charge < -0.3 is 4.98 Å². The molecule has 0 saturated carbocycles.